The molecule has 0 bridgehead atoms. The van der Waals surface area contributed by atoms with Crippen molar-refractivity contribution in [3.8, 4) is 5.75 Å². The molecule has 6 rings (SSSR count). The Morgan fingerprint density at radius 2 is 1.74 bits per heavy atom. The summed E-state index contributed by atoms with van der Waals surface area (Å²) in [7, 11) is 0. The number of hydrogen-bond donors (Lipinski definition) is 1. The minimum Gasteiger partial charge on any atom is -0.489 e. The molecule has 3 unspecified atom stereocenters. The molecule has 3 atom stereocenters. The van der Waals surface area contributed by atoms with Crippen molar-refractivity contribution in [2.45, 2.75) is 22.8 Å². The van der Waals surface area contributed by atoms with Gasteiger partial charge in [0, 0.05) is 30.9 Å². The molecule has 38 heavy (non-hydrogen) atoms. The van der Waals surface area contributed by atoms with E-state index in [1.54, 1.807) is 30.3 Å². The maximum atomic E-state index is 14.0. The summed E-state index contributed by atoms with van der Waals surface area (Å²) in [6.07, 6.45) is 0. The summed E-state index contributed by atoms with van der Waals surface area (Å²) in [5.74, 6) is -1.40. The number of benzene rings is 3. The van der Waals surface area contributed by atoms with Crippen LogP contribution >= 0.6 is 62.2 Å². The lowest BCUT2D eigenvalue weighted by Gasteiger charge is -2.31. The van der Waals surface area contributed by atoms with Crippen molar-refractivity contribution in [3.05, 3.63) is 107 Å². The van der Waals surface area contributed by atoms with Gasteiger partial charge in [-0.25, -0.2) is 4.90 Å². The number of thioether (sulfide) groups is 1. The minimum absolute atomic E-state index is 0.238. The fourth-order valence-electron chi connectivity index (χ4n) is 4.88. The van der Waals surface area contributed by atoms with E-state index in [4.69, 9.17) is 27.9 Å². The molecule has 11 heteroatoms. The summed E-state index contributed by atoms with van der Waals surface area (Å²) in [6.45, 7) is 0.255. The van der Waals surface area contributed by atoms with Gasteiger partial charge in [-0.3, -0.25) is 14.4 Å². The molecule has 1 saturated heterocycles. The third kappa shape index (κ3) is 4.60. The van der Waals surface area contributed by atoms with Crippen LogP contribution in [-0.2, 0) is 16.2 Å². The summed E-state index contributed by atoms with van der Waals surface area (Å²) >= 11 is 18.0. The van der Waals surface area contributed by atoms with E-state index in [2.05, 4.69) is 20.9 Å². The Morgan fingerprint density at radius 3 is 2.50 bits per heavy atom. The molecule has 3 heterocycles. The number of rotatable bonds is 5. The predicted octanol–water partition coefficient (Wildman–Crippen LogP) is 6.88. The summed E-state index contributed by atoms with van der Waals surface area (Å²) in [5, 5.41) is 1.01. The van der Waals surface area contributed by atoms with Gasteiger partial charge in [0.2, 0.25) is 11.8 Å². The number of amides is 2. The van der Waals surface area contributed by atoms with E-state index >= 15 is 0 Å². The van der Waals surface area contributed by atoms with Crippen molar-refractivity contribution in [3.63, 3.8) is 0 Å². The molecule has 192 valence electrons. The van der Waals surface area contributed by atoms with E-state index in [0.717, 1.165) is 21.4 Å². The summed E-state index contributed by atoms with van der Waals surface area (Å²) < 4.78 is 7.03. The van der Waals surface area contributed by atoms with E-state index in [1.165, 1.54) is 16.7 Å². The van der Waals surface area contributed by atoms with Gasteiger partial charge in [0.1, 0.15) is 17.6 Å². The van der Waals surface area contributed by atoms with Gasteiger partial charge in [0.25, 0.3) is 0 Å². The van der Waals surface area contributed by atoms with Gasteiger partial charge < -0.3 is 9.72 Å². The number of aromatic amines is 1. The monoisotopic (exact) mass is 646 g/mol. The number of nitrogens with one attached hydrogen (secondary N) is 1. The van der Waals surface area contributed by atoms with Crippen LogP contribution in [0.4, 0.5) is 5.69 Å². The van der Waals surface area contributed by atoms with Crippen LogP contribution in [0.5, 0.6) is 5.75 Å². The van der Waals surface area contributed by atoms with Crippen LogP contribution in [0.25, 0.3) is 0 Å². The van der Waals surface area contributed by atoms with E-state index in [-0.39, 0.29) is 23.3 Å². The fourth-order valence-corrected chi connectivity index (χ4v) is 8.10. The molecule has 1 fully saturated rings. The second-order valence-corrected chi connectivity index (χ2v) is 12.8. The Morgan fingerprint density at radius 1 is 0.947 bits per heavy atom. The molecule has 2 aliphatic rings. The molecule has 0 spiro atoms. The molecule has 1 aromatic heterocycles. The average Bonchev–Trinajstić information content (AvgIpc) is 3.38. The number of nitrogens with zero attached hydrogens (tertiary/aromatic N) is 1. The van der Waals surface area contributed by atoms with Gasteiger partial charge in [-0.2, -0.15) is 0 Å². The molecule has 6 nitrogen and oxygen atoms in total. The average molecular weight is 648 g/mol. The Balaban J connectivity index is 1.45. The second-order valence-electron chi connectivity index (χ2n) is 8.84. The summed E-state index contributed by atoms with van der Waals surface area (Å²) in [6, 6.07) is 19.6. The first-order valence-electron chi connectivity index (χ1n) is 11.5. The van der Waals surface area contributed by atoms with Crippen molar-refractivity contribution in [1.82, 2.24) is 4.98 Å². The SMILES string of the molecule is O=C1C2Sc3[nH]c(=O)sc3C(c3cc(Br)ccc3OCc3cccc(Cl)c3)C2C(=O)N1c1ccc(Cl)cc1. The zero-order valence-electron chi connectivity index (χ0n) is 19.3. The molecular formula is C27H17BrCl2N2O4S2. The maximum Gasteiger partial charge on any atom is 0.305 e. The Bertz CT molecular complexity index is 1640. The molecule has 0 aliphatic carbocycles. The van der Waals surface area contributed by atoms with Gasteiger partial charge in [-0.05, 0) is 60.2 Å². The number of halogens is 3. The van der Waals surface area contributed by atoms with E-state index in [0.29, 0.717) is 36.9 Å². The lowest BCUT2D eigenvalue weighted by atomic mass is 9.82. The molecule has 4 aromatic rings. The van der Waals surface area contributed by atoms with Gasteiger partial charge >= 0.3 is 4.87 Å². The number of carbonyl (C=O) groups is 2. The minimum atomic E-state index is -0.732. The fraction of sp³-hybridized carbons (Fsp3) is 0.148. The standard InChI is InChI=1S/C27H17BrCl2N2O4S2/c28-14-4-9-19(36-12-13-2-1-3-16(30)10-13)18(11-14)20-21-23(37-24-22(20)38-27(35)31-24)26(34)32(25(21)33)17-7-5-15(29)6-8-17/h1-11,20-21,23H,12H2,(H,31,35). The van der Waals surface area contributed by atoms with Crippen molar-refractivity contribution >= 4 is 79.7 Å². The van der Waals surface area contributed by atoms with Crippen LogP contribution in [0.15, 0.2) is 81.0 Å². The Hall–Kier alpha value is -2.56. The topological polar surface area (TPSA) is 79.5 Å². The van der Waals surface area contributed by atoms with Gasteiger partial charge in [-0.15, -0.1) is 0 Å². The van der Waals surface area contributed by atoms with Crippen LogP contribution in [0.2, 0.25) is 10.0 Å². The number of fused-ring (bicyclic) bond motifs is 2. The molecule has 1 N–H and O–H groups in total. The lowest BCUT2D eigenvalue weighted by molar-refractivity contribution is -0.122. The highest BCUT2D eigenvalue weighted by Crippen LogP contribution is 2.54. The van der Waals surface area contributed by atoms with Crippen molar-refractivity contribution < 1.29 is 14.3 Å². The Labute approximate surface area is 244 Å². The molecule has 2 amide bonds. The smallest absolute Gasteiger partial charge is 0.305 e. The predicted molar refractivity (Wildman–Crippen MR) is 154 cm³/mol. The number of aromatic nitrogens is 1. The molecular weight excluding hydrogens is 631 g/mol. The number of hydrogen-bond acceptors (Lipinski definition) is 6. The summed E-state index contributed by atoms with van der Waals surface area (Å²) in [5.41, 5.74) is 2.06. The van der Waals surface area contributed by atoms with Crippen molar-refractivity contribution in [2.24, 2.45) is 5.92 Å². The van der Waals surface area contributed by atoms with E-state index in [1.807, 2.05) is 36.4 Å². The second kappa shape index (κ2) is 10.2. The zero-order valence-corrected chi connectivity index (χ0v) is 24.1. The lowest BCUT2D eigenvalue weighted by Crippen LogP contribution is -2.32. The number of thiazole rings is 1. The van der Waals surface area contributed by atoms with Crippen LogP contribution in [0.3, 0.4) is 0 Å². The Kier molecular flexibility index (Phi) is 6.90. The van der Waals surface area contributed by atoms with E-state index in [9.17, 15) is 14.4 Å². The van der Waals surface area contributed by atoms with E-state index < -0.39 is 17.1 Å². The van der Waals surface area contributed by atoms with Crippen LogP contribution in [0, 0.1) is 5.92 Å². The molecule has 0 radical (unpaired) electrons. The normalized spacial score (nSPS) is 20.4. The van der Waals surface area contributed by atoms with Crippen LogP contribution < -0.4 is 14.5 Å². The zero-order chi connectivity index (χ0) is 26.6. The van der Waals surface area contributed by atoms with Crippen molar-refractivity contribution in [2.75, 3.05) is 4.90 Å². The maximum absolute atomic E-state index is 14.0. The highest BCUT2D eigenvalue weighted by molar-refractivity contribution is 9.10. The largest absolute Gasteiger partial charge is 0.489 e. The van der Waals surface area contributed by atoms with Crippen LogP contribution in [-0.4, -0.2) is 22.0 Å². The molecule has 2 aliphatic heterocycles. The van der Waals surface area contributed by atoms with Gasteiger partial charge in [0.15, 0.2) is 0 Å². The quantitative estimate of drug-likeness (QED) is 0.239. The molecule has 3 aromatic carbocycles. The first-order valence-corrected chi connectivity index (χ1v) is 14.7. The number of imide groups is 1. The molecule has 0 saturated carbocycles. The third-order valence-electron chi connectivity index (χ3n) is 6.50. The number of ether oxygens (including phenoxy) is 1. The van der Waals surface area contributed by atoms with Crippen molar-refractivity contribution in [1.29, 1.82) is 0 Å². The first kappa shape index (κ1) is 25.7. The number of H-pyrrole nitrogens is 1. The highest BCUT2D eigenvalue weighted by Gasteiger charge is 2.56. The number of carbonyl (C=O) groups excluding carboxylic acids is 2. The highest BCUT2D eigenvalue weighted by atomic mass is 79.9. The first-order chi connectivity index (χ1) is 18.3. The van der Waals surface area contributed by atoms with Crippen LogP contribution in [0.1, 0.15) is 21.9 Å². The van der Waals surface area contributed by atoms with Gasteiger partial charge in [-0.1, -0.05) is 74.4 Å². The number of anilines is 1. The summed E-state index contributed by atoms with van der Waals surface area (Å²) in [4.78, 5) is 44.6. The third-order valence-corrected chi connectivity index (χ3v) is 9.88. The van der Waals surface area contributed by atoms with Gasteiger partial charge in [0.05, 0.1) is 16.6 Å².